The molecule has 1 aliphatic heterocycles. The van der Waals surface area contributed by atoms with Crippen LogP contribution in [0, 0.1) is 0 Å². The number of aromatic nitrogens is 2. The van der Waals surface area contributed by atoms with Gasteiger partial charge in [0.25, 0.3) is 5.91 Å². The summed E-state index contributed by atoms with van der Waals surface area (Å²) in [7, 11) is 1.44. The number of hydrogen-bond acceptors (Lipinski definition) is 8. The third-order valence-corrected chi connectivity index (χ3v) is 7.60. The van der Waals surface area contributed by atoms with Gasteiger partial charge in [0.15, 0.2) is 16.5 Å². The molecule has 1 amide bonds. The van der Waals surface area contributed by atoms with E-state index in [1.807, 2.05) is 0 Å². The highest BCUT2D eigenvalue weighted by Crippen LogP contribution is 2.45. The van der Waals surface area contributed by atoms with Crippen LogP contribution in [0.4, 0.5) is 5.13 Å². The first-order valence-corrected chi connectivity index (χ1v) is 13.3. The number of amides is 1. The molecule has 0 saturated carbocycles. The van der Waals surface area contributed by atoms with Crippen molar-refractivity contribution in [3.05, 3.63) is 85.3 Å². The summed E-state index contributed by atoms with van der Waals surface area (Å²) in [6, 6.07) is 13.8. The third-order valence-electron chi connectivity index (χ3n) is 5.65. The lowest BCUT2D eigenvalue weighted by molar-refractivity contribution is -0.135. The van der Waals surface area contributed by atoms with E-state index in [-0.39, 0.29) is 29.0 Å². The van der Waals surface area contributed by atoms with Crippen LogP contribution in [-0.4, -0.2) is 34.4 Å². The van der Waals surface area contributed by atoms with E-state index >= 15 is 0 Å². The van der Waals surface area contributed by atoms with Gasteiger partial charge in [-0.15, -0.1) is 10.2 Å². The molecule has 0 spiro atoms. The standard InChI is InChI=1S/C25H17Cl4N3O5S/c1-35-20-8-12(2-5-17(20)33)22-23(37-19-7-4-14(27)10-16(19)29)24(34)32(22)25-31-30-21(38-25)11-36-18-6-3-13(26)9-15(18)28/h2-10,22-23,33H,11H2,1H3. The predicted octanol–water partition coefficient (Wildman–Crippen LogP) is 6.98. The van der Waals surface area contributed by atoms with Gasteiger partial charge in [-0.2, -0.15) is 0 Å². The number of phenolic OH excluding ortho intramolecular Hbond substituents is 1. The number of carbonyl (C=O) groups excluding carboxylic acids is 1. The lowest BCUT2D eigenvalue weighted by Gasteiger charge is -2.45. The zero-order chi connectivity index (χ0) is 27.0. The zero-order valence-corrected chi connectivity index (χ0v) is 23.2. The lowest BCUT2D eigenvalue weighted by Crippen LogP contribution is -2.61. The minimum atomic E-state index is -0.931. The number of benzene rings is 3. The van der Waals surface area contributed by atoms with Gasteiger partial charge in [-0.1, -0.05) is 63.8 Å². The van der Waals surface area contributed by atoms with Crippen molar-refractivity contribution in [3.63, 3.8) is 0 Å². The average molecular weight is 613 g/mol. The van der Waals surface area contributed by atoms with Gasteiger partial charge >= 0.3 is 0 Å². The first-order valence-electron chi connectivity index (χ1n) is 11.0. The molecule has 1 aliphatic rings. The number of anilines is 1. The van der Waals surface area contributed by atoms with Gasteiger partial charge < -0.3 is 19.3 Å². The second-order valence-corrected chi connectivity index (χ2v) is 10.8. The molecule has 196 valence electrons. The number of nitrogens with zero attached hydrogens (tertiary/aromatic N) is 3. The van der Waals surface area contributed by atoms with Crippen molar-refractivity contribution in [3.8, 4) is 23.0 Å². The summed E-state index contributed by atoms with van der Waals surface area (Å²) < 4.78 is 17.0. The summed E-state index contributed by atoms with van der Waals surface area (Å²) in [6.45, 7) is 0.0824. The van der Waals surface area contributed by atoms with Crippen molar-refractivity contribution < 1.29 is 24.1 Å². The van der Waals surface area contributed by atoms with Crippen molar-refractivity contribution in [1.82, 2.24) is 10.2 Å². The number of carbonyl (C=O) groups is 1. The van der Waals surface area contributed by atoms with Crippen LogP contribution < -0.4 is 19.1 Å². The van der Waals surface area contributed by atoms with Crippen molar-refractivity contribution in [2.45, 2.75) is 18.8 Å². The second kappa shape index (κ2) is 11.0. The maximum Gasteiger partial charge on any atom is 0.273 e. The lowest BCUT2D eigenvalue weighted by atomic mass is 9.91. The molecule has 5 rings (SSSR count). The molecule has 1 fully saturated rings. The van der Waals surface area contributed by atoms with E-state index < -0.39 is 12.1 Å². The van der Waals surface area contributed by atoms with Crippen molar-refractivity contribution in [2.24, 2.45) is 0 Å². The number of rotatable bonds is 8. The number of hydrogen-bond donors (Lipinski definition) is 1. The number of halogens is 4. The largest absolute Gasteiger partial charge is 0.504 e. The Kier molecular flexibility index (Phi) is 7.74. The van der Waals surface area contributed by atoms with Crippen LogP contribution in [0.1, 0.15) is 16.6 Å². The Balaban J connectivity index is 1.42. The highest BCUT2D eigenvalue weighted by Gasteiger charge is 2.53. The Labute approximate surface area is 241 Å². The van der Waals surface area contributed by atoms with E-state index in [0.29, 0.717) is 42.3 Å². The monoisotopic (exact) mass is 611 g/mol. The number of ether oxygens (including phenoxy) is 3. The normalized spacial score (nSPS) is 16.8. The Bertz CT molecular complexity index is 1520. The maximum absolute atomic E-state index is 13.3. The molecular formula is C25H17Cl4N3O5S. The predicted molar refractivity (Wildman–Crippen MR) is 146 cm³/mol. The molecule has 1 aromatic heterocycles. The summed E-state index contributed by atoms with van der Waals surface area (Å²) in [4.78, 5) is 14.8. The van der Waals surface area contributed by atoms with Crippen LogP contribution in [-0.2, 0) is 11.4 Å². The van der Waals surface area contributed by atoms with Gasteiger partial charge in [0.1, 0.15) is 24.1 Å². The number of methoxy groups -OCH3 is 1. The number of aromatic hydroxyl groups is 1. The second-order valence-electron chi connectivity index (χ2n) is 8.04. The Morgan fingerprint density at radius 2 is 1.61 bits per heavy atom. The van der Waals surface area contributed by atoms with Crippen LogP contribution >= 0.6 is 57.7 Å². The Morgan fingerprint density at radius 1 is 0.921 bits per heavy atom. The maximum atomic E-state index is 13.3. The van der Waals surface area contributed by atoms with Crippen LogP contribution in [0.5, 0.6) is 23.0 Å². The zero-order valence-electron chi connectivity index (χ0n) is 19.4. The number of β-lactam (4-membered cyclic amide) rings is 1. The van der Waals surface area contributed by atoms with Gasteiger partial charge in [0, 0.05) is 10.0 Å². The van der Waals surface area contributed by atoms with Crippen LogP contribution in [0.3, 0.4) is 0 Å². The summed E-state index contributed by atoms with van der Waals surface area (Å²) in [5, 5.41) is 20.9. The molecule has 13 heteroatoms. The van der Waals surface area contributed by atoms with Gasteiger partial charge in [-0.3, -0.25) is 9.69 Å². The van der Waals surface area contributed by atoms with Crippen LogP contribution in [0.25, 0.3) is 0 Å². The van der Waals surface area contributed by atoms with Crippen molar-refractivity contribution >= 4 is 68.8 Å². The molecule has 38 heavy (non-hydrogen) atoms. The summed E-state index contributed by atoms with van der Waals surface area (Å²) >= 11 is 25.6. The van der Waals surface area contributed by atoms with Gasteiger partial charge in [0.2, 0.25) is 11.2 Å². The molecule has 8 nitrogen and oxygen atoms in total. The first-order chi connectivity index (χ1) is 18.2. The summed E-state index contributed by atoms with van der Waals surface area (Å²) in [5.74, 6) is 0.600. The molecule has 2 unspecified atom stereocenters. The first kappa shape index (κ1) is 26.6. The van der Waals surface area contributed by atoms with Crippen LogP contribution in [0.15, 0.2) is 54.6 Å². The summed E-state index contributed by atoms with van der Waals surface area (Å²) in [6.07, 6.45) is -0.931. The minimum Gasteiger partial charge on any atom is -0.504 e. The quantitative estimate of drug-likeness (QED) is 0.214. The Morgan fingerprint density at radius 3 is 2.26 bits per heavy atom. The average Bonchev–Trinajstić information content (AvgIpc) is 3.34. The smallest absolute Gasteiger partial charge is 0.273 e. The molecule has 0 radical (unpaired) electrons. The van der Waals surface area contributed by atoms with E-state index in [0.717, 1.165) is 0 Å². The molecule has 2 heterocycles. The topological polar surface area (TPSA) is 94.0 Å². The Hall–Kier alpha value is -2.95. The fraction of sp³-hybridized carbons (Fsp3) is 0.160. The van der Waals surface area contributed by atoms with Crippen LogP contribution in [0.2, 0.25) is 20.1 Å². The fourth-order valence-corrected chi connectivity index (χ4v) is 5.54. The molecule has 1 N–H and O–H groups in total. The van der Waals surface area contributed by atoms with E-state index in [4.69, 9.17) is 60.6 Å². The van der Waals surface area contributed by atoms with E-state index in [9.17, 15) is 9.90 Å². The van der Waals surface area contributed by atoms with Gasteiger partial charge in [0.05, 0.1) is 17.2 Å². The van der Waals surface area contributed by atoms with E-state index in [2.05, 4.69) is 10.2 Å². The molecule has 0 bridgehead atoms. The fourth-order valence-electron chi connectivity index (χ4n) is 3.83. The number of phenols is 1. The minimum absolute atomic E-state index is 0.0390. The van der Waals surface area contributed by atoms with Gasteiger partial charge in [-0.05, 0) is 54.1 Å². The molecule has 3 aromatic carbocycles. The SMILES string of the molecule is COc1cc(C2C(Oc3ccc(Cl)cc3Cl)C(=O)N2c2nnc(COc3ccc(Cl)cc3Cl)s2)ccc1O. The van der Waals surface area contributed by atoms with Gasteiger partial charge in [-0.25, -0.2) is 0 Å². The van der Waals surface area contributed by atoms with Crippen molar-refractivity contribution in [1.29, 1.82) is 0 Å². The van der Waals surface area contributed by atoms with E-state index in [1.54, 1.807) is 42.5 Å². The molecule has 1 saturated heterocycles. The molecule has 2 atom stereocenters. The van der Waals surface area contributed by atoms with Crippen molar-refractivity contribution in [2.75, 3.05) is 12.0 Å². The highest BCUT2D eigenvalue weighted by atomic mass is 35.5. The highest BCUT2D eigenvalue weighted by molar-refractivity contribution is 7.15. The molecule has 4 aromatic rings. The van der Waals surface area contributed by atoms with E-state index in [1.165, 1.54) is 35.5 Å². The summed E-state index contributed by atoms with van der Waals surface area (Å²) in [5.41, 5.74) is 0.648. The molecule has 0 aliphatic carbocycles. The molecular weight excluding hydrogens is 596 g/mol. The third kappa shape index (κ3) is 5.30.